The van der Waals surface area contributed by atoms with Gasteiger partial charge in [0.25, 0.3) is 0 Å². The van der Waals surface area contributed by atoms with Gasteiger partial charge in [0.05, 0.1) is 5.56 Å². The van der Waals surface area contributed by atoms with E-state index in [9.17, 15) is 13.2 Å². The summed E-state index contributed by atoms with van der Waals surface area (Å²) >= 11 is 0. The molecule has 0 nitrogen and oxygen atoms in total. The predicted molar refractivity (Wildman–Crippen MR) is 50.0 cm³/mol. The molecule has 1 rings (SSSR count). The first kappa shape index (κ1) is 10.8. The van der Waals surface area contributed by atoms with Gasteiger partial charge in [-0.25, -0.2) is 0 Å². The molecule has 0 unspecified atom stereocenters. The lowest BCUT2D eigenvalue weighted by Gasteiger charge is -2.07. The quantitative estimate of drug-likeness (QED) is 0.636. The Kier molecular flexibility index (Phi) is 3.33. The van der Waals surface area contributed by atoms with Gasteiger partial charge in [-0.2, -0.15) is 13.2 Å². The molecule has 0 spiro atoms. The van der Waals surface area contributed by atoms with Crippen molar-refractivity contribution in [2.24, 2.45) is 0 Å². The number of rotatable bonds is 2. The molecule has 0 N–H and O–H groups in total. The maximum Gasteiger partial charge on any atom is 0.416 e. The molecule has 0 fully saturated rings. The van der Waals surface area contributed by atoms with Crippen LogP contribution in [0.4, 0.5) is 13.2 Å². The lowest BCUT2D eigenvalue weighted by Crippen LogP contribution is -2.04. The van der Waals surface area contributed by atoms with Crippen LogP contribution in [-0.4, -0.2) is 0 Å². The molecule has 0 radical (unpaired) electrons. The molecule has 3 heteroatoms. The predicted octanol–water partition coefficient (Wildman–Crippen LogP) is 3.82. The summed E-state index contributed by atoms with van der Waals surface area (Å²) in [6.07, 6.45) is -0.0535. The van der Waals surface area contributed by atoms with Gasteiger partial charge in [-0.1, -0.05) is 30.4 Å². The minimum absolute atomic E-state index is 0.542. The Morgan fingerprint density at radius 1 is 1.29 bits per heavy atom. The van der Waals surface area contributed by atoms with Crippen molar-refractivity contribution in [1.82, 2.24) is 0 Å². The van der Waals surface area contributed by atoms with E-state index in [1.54, 1.807) is 6.07 Å². The fraction of sp³-hybridized carbons (Fsp3) is 0.273. The van der Waals surface area contributed by atoms with Crippen LogP contribution in [0.25, 0.3) is 0 Å². The maximum absolute atomic E-state index is 12.3. The molecular formula is C11H11F3. The van der Waals surface area contributed by atoms with Gasteiger partial charge in [0.2, 0.25) is 0 Å². The Morgan fingerprint density at radius 3 is 2.57 bits per heavy atom. The van der Waals surface area contributed by atoms with Crippen LogP contribution in [0.2, 0.25) is 0 Å². The second-order valence-electron chi connectivity index (χ2n) is 2.97. The normalized spacial score (nSPS) is 12.3. The highest BCUT2D eigenvalue weighted by atomic mass is 19.4. The van der Waals surface area contributed by atoms with Crippen LogP contribution in [0.1, 0.15) is 18.1 Å². The van der Waals surface area contributed by atoms with Gasteiger partial charge in [0.1, 0.15) is 0 Å². The molecule has 0 aliphatic heterocycles. The second-order valence-corrected chi connectivity index (χ2v) is 2.97. The number of alkyl halides is 3. The molecular weight excluding hydrogens is 189 g/mol. The van der Waals surface area contributed by atoms with Crippen LogP contribution in [0.15, 0.2) is 36.4 Å². The standard InChI is InChI=1S/C11H11F3/c1-2-3-5-9-6-4-7-10(8-9)11(12,13)14/h2-4,6-8H,5H2,1H3/b3-2+. The molecule has 76 valence electrons. The zero-order valence-corrected chi connectivity index (χ0v) is 7.81. The topological polar surface area (TPSA) is 0 Å². The van der Waals surface area contributed by atoms with E-state index >= 15 is 0 Å². The van der Waals surface area contributed by atoms with E-state index in [2.05, 4.69) is 0 Å². The number of benzene rings is 1. The number of hydrogen-bond acceptors (Lipinski definition) is 0. The third-order valence-electron chi connectivity index (χ3n) is 1.84. The summed E-state index contributed by atoms with van der Waals surface area (Å²) in [4.78, 5) is 0. The van der Waals surface area contributed by atoms with Gasteiger partial charge in [0.15, 0.2) is 0 Å². The third kappa shape index (κ3) is 2.91. The molecule has 0 aliphatic rings. The van der Waals surface area contributed by atoms with E-state index in [4.69, 9.17) is 0 Å². The van der Waals surface area contributed by atoms with Gasteiger partial charge in [-0.3, -0.25) is 0 Å². The van der Waals surface area contributed by atoms with Gasteiger partial charge in [-0.05, 0) is 25.0 Å². The van der Waals surface area contributed by atoms with E-state index in [-0.39, 0.29) is 0 Å². The lowest BCUT2D eigenvalue weighted by molar-refractivity contribution is -0.137. The SMILES string of the molecule is C/C=C/Cc1cccc(C(F)(F)F)c1. The van der Waals surface area contributed by atoms with Crippen LogP contribution in [-0.2, 0) is 12.6 Å². The van der Waals surface area contributed by atoms with Crippen LogP contribution in [0.5, 0.6) is 0 Å². The summed E-state index contributed by atoms with van der Waals surface area (Å²) in [5.74, 6) is 0. The van der Waals surface area contributed by atoms with E-state index in [0.717, 1.165) is 6.07 Å². The van der Waals surface area contributed by atoms with Crippen molar-refractivity contribution in [2.75, 3.05) is 0 Å². The zero-order chi connectivity index (χ0) is 10.6. The van der Waals surface area contributed by atoms with Crippen LogP contribution >= 0.6 is 0 Å². The smallest absolute Gasteiger partial charge is 0.166 e. The van der Waals surface area contributed by atoms with E-state index in [1.807, 2.05) is 19.1 Å². The average molecular weight is 200 g/mol. The monoisotopic (exact) mass is 200 g/mol. The highest BCUT2D eigenvalue weighted by Crippen LogP contribution is 2.29. The highest BCUT2D eigenvalue weighted by molar-refractivity contribution is 5.26. The first-order chi connectivity index (χ1) is 6.54. The maximum atomic E-state index is 12.3. The lowest BCUT2D eigenvalue weighted by atomic mass is 10.1. The van der Waals surface area contributed by atoms with Crippen LogP contribution in [0.3, 0.4) is 0 Å². The van der Waals surface area contributed by atoms with Crippen molar-refractivity contribution in [2.45, 2.75) is 19.5 Å². The van der Waals surface area contributed by atoms with Gasteiger partial charge in [0, 0.05) is 0 Å². The van der Waals surface area contributed by atoms with Crippen molar-refractivity contribution < 1.29 is 13.2 Å². The fourth-order valence-electron chi connectivity index (χ4n) is 1.13. The van der Waals surface area contributed by atoms with Gasteiger partial charge >= 0.3 is 6.18 Å². The molecule has 1 aromatic rings. The van der Waals surface area contributed by atoms with Crippen LogP contribution < -0.4 is 0 Å². The first-order valence-electron chi connectivity index (χ1n) is 4.31. The summed E-state index contributed by atoms with van der Waals surface area (Å²) in [5.41, 5.74) is 0.0948. The molecule has 0 heterocycles. The molecule has 0 atom stereocenters. The summed E-state index contributed by atoms with van der Waals surface area (Å²) in [6, 6.07) is 5.38. The summed E-state index contributed by atoms with van der Waals surface area (Å²) in [5, 5.41) is 0. The summed E-state index contributed by atoms with van der Waals surface area (Å²) in [6.45, 7) is 1.84. The Labute approximate surface area is 81.1 Å². The zero-order valence-electron chi connectivity index (χ0n) is 7.81. The Morgan fingerprint density at radius 2 is 2.00 bits per heavy atom. The van der Waals surface area contributed by atoms with Crippen molar-refractivity contribution in [3.05, 3.63) is 47.5 Å². The summed E-state index contributed by atoms with van der Waals surface area (Å²) < 4.78 is 36.8. The molecule has 0 amide bonds. The van der Waals surface area contributed by atoms with Gasteiger partial charge < -0.3 is 0 Å². The Balaban J connectivity index is 2.90. The highest BCUT2D eigenvalue weighted by Gasteiger charge is 2.30. The van der Waals surface area contributed by atoms with Crippen molar-refractivity contribution in [1.29, 1.82) is 0 Å². The van der Waals surface area contributed by atoms with Crippen molar-refractivity contribution in [3.8, 4) is 0 Å². The fourth-order valence-corrected chi connectivity index (χ4v) is 1.13. The van der Waals surface area contributed by atoms with E-state index in [1.165, 1.54) is 12.1 Å². The molecule has 14 heavy (non-hydrogen) atoms. The van der Waals surface area contributed by atoms with Crippen molar-refractivity contribution >= 4 is 0 Å². The largest absolute Gasteiger partial charge is 0.416 e. The number of hydrogen-bond donors (Lipinski definition) is 0. The molecule has 1 aromatic carbocycles. The molecule has 0 saturated heterocycles. The third-order valence-corrected chi connectivity index (χ3v) is 1.84. The van der Waals surface area contributed by atoms with Gasteiger partial charge in [-0.15, -0.1) is 0 Å². The minimum atomic E-state index is -4.24. The molecule has 0 saturated carbocycles. The average Bonchev–Trinajstić information content (AvgIpc) is 2.14. The Bertz CT molecular complexity index is 324. The molecule has 0 aromatic heterocycles. The minimum Gasteiger partial charge on any atom is -0.166 e. The Hall–Kier alpha value is -1.25. The molecule has 0 aliphatic carbocycles. The molecule has 0 bridgehead atoms. The first-order valence-corrected chi connectivity index (χ1v) is 4.31. The van der Waals surface area contributed by atoms with Crippen molar-refractivity contribution in [3.63, 3.8) is 0 Å². The van der Waals surface area contributed by atoms with E-state index in [0.29, 0.717) is 12.0 Å². The summed E-state index contributed by atoms with van der Waals surface area (Å²) in [7, 11) is 0. The number of halogens is 3. The number of allylic oxidation sites excluding steroid dienone is 2. The van der Waals surface area contributed by atoms with Crippen LogP contribution in [0, 0.1) is 0 Å². The second kappa shape index (κ2) is 4.31. The van der Waals surface area contributed by atoms with E-state index < -0.39 is 11.7 Å².